The van der Waals surface area contributed by atoms with E-state index in [0.29, 0.717) is 6.54 Å². The lowest BCUT2D eigenvalue weighted by atomic mass is 10.2. The number of aromatic nitrogens is 1. The molecular weight excluding hydrogens is 202 g/mol. The van der Waals surface area contributed by atoms with Crippen LogP contribution in [0, 0.1) is 0 Å². The van der Waals surface area contributed by atoms with Crippen LogP contribution < -0.4 is 9.67 Å². The second kappa shape index (κ2) is 4.57. The van der Waals surface area contributed by atoms with Gasteiger partial charge in [0.2, 0.25) is 5.69 Å². The van der Waals surface area contributed by atoms with Gasteiger partial charge in [-0.1, -0.05) is 30.3 Å². The van der Waals surface area contributed by atoms with Crippen LogP contribution in [0.25, 0.3) is 0 Å². The topological polar surface area (TPSA) is 44.0 Å². The molecule has 0 saturated carbocycles. The Morgan fingerprint density at radius 2 is 1.75 bits per heavy atom. The maximum Gasteiger partial charge on any atom is 0.228 e. The molecule has 0 amide bonds. The molecule has 0 N–H and O–H groups in total. The summed E-state index contributed by atoms with van der Waals surface area (Å²) in [6.07, 6.45) is 1.73. The third-order valence-corrected chi connectivity index (χ3v) is 2.35. The molecule has 0 aliphatic rings. The van der Waals surface area contributed by atoms with Crippen LogP contribution in [0.1, 0.15) is 16.1 Å². The molecule has 1 aromatic carbocycles. The highest BCUT2D eigenvalue weighted by molar-refractivity contribution is 5.81. The van der Waals surface area contributed by atoms with E-state index < -0.39 is 5.97 Å². The predicted molar refractivity (Wildman–Crippen MR) is 56.5 cm³/mol. The molecule has 0 radical (unpaired) electrons. The lowest BCUT2D eigenvalue weighted by Gasteiger charge is -2.03. The Kier molecular flexibility index (Phi) is 2.96. The summed E-state index contributed by atoms with van der Waals surface area (Å²) in [7, 11) is 0. The Morgan fingerprint density at radius 3 is 2.44 bits per heavy atom. The molecule has 2 aromatic rings. The van der Waals surface area contributed by atoms with Gasteiger partial charge in [-0.05, 0) is 6.07 Å². The molecule has 0 spiro atoms. The van der Waals surface area contributed by atoms with Crippen molar-refractivity contribution in [3.05, 3.63) is 66.0 Å². The van der Waals surface area contributed by atoms with Crippen molar-refractivity contribution >= 4 is 5.97 Å². The normalized spacial score (nSPS) is 10.0. The predicted octanol–water partition coefficient (Wildman–Crippen LogP) is 0.386. The highest BCUT2D eigenvalue weighted by atomic mass is 16.4. The van der Waals surface area contributed by atoms with Gasteiger partial charge >= 0.3 is 0 Å². The van der Waals surface area contributed by atoms with Gasteiger partial charge in [0.1, 0.15) is 5.97 Å². The lowest BCUT2D eigenvalue weighted by Crippen LogP contribution is -2.44. The molecule has 0 unspecified atom stereocenters. The van der Waals surface area contributed by atoms with Gasteiger partial charge in [0, 0.05) is 17.7 Å². The van der Waals surface area contributed by atoms with Gasteiger partial charge in [-0.2, -0.15) is 4.57 Å². The maximum atomic E-state index is 10.9. The van der Waals surface area contributed by atoms with E-state index >= 15 is 0 Å². The number of aromatic carboxylic acids is 1. The van der Waals surface area contributed by atoms with Crippen molar-refractivity contribution in [1.82, 2.24) is 0 Å². The van der Waals surface area contributed by atoms with Crippen LogP contribution in [0.3, 0.4) is 0 Å². The fourth-order valence-corrected chi connectivity index (χ4v) is 1.58. The third kappa shape index (κ3) is 2.25. The smallest absolute Gasteiger partial charge is 0.228 e. The quantitative estimate of drug-likeness (QED) is 0.692. The van der Waals surface area contributed by atoms with E-state index in [4.69, 9.17) is 0 Å². The summed E-state index contributed by atoms with van der Waals surface area (Å²) in [6, 6.07) is 14.7. The van der Waals surface area contributed by atoms with E-state index in [-0.39, 0.29) is 5.69 Å². The first kappa shape index (κ1) is 10.4. The van der Waals surface area contributed by atoms with Gasteiger partial charge < -0.3 is 9.90 Å². The first-order chi connectivity index (χ1) is 7.77. The van der Waals surface area contributed by atoms with E-state index in [1.807, 2.05) is 30.3 Å². The molecule has 16 heavy (non-hydrogen) atoms. The van der Waals surface area contributed by atoms with Gasteiger partial charge in [-0.25, -0.2) is 0 Å². The fraction of sp³-hybridized carbons (Fsp3) is 0.0769. The lowest BCUT2D eigenvalue weighted by molar-refractivity contribution is -0.692. The highest BCUT2D eigenvalue weighted by Crippen LogP contribution is 1.99. The average Bonchev–Trinajstić information content (AvgIpc) is 2.31. The number of nitrogens with zero attached hydrogens (tertiary/aromatic N) is 1. The van der Waals surface area contributed by atoms with Crippen molar-refractivity contribution in [3.8, 4) is 0 Å². The van der Waals surface area contributed by atoms with Crippen molar-refractivity contribution in [2.45, 2.75) is 6.54 Å². The highest BCUT2D eigenvalue weighted by Gasteiger charge is 2.10. The van der Waals surface area contributed by atoms with Crippen LogP contribution in [0.15, 0.2) is 54.7 Å². The molecule has 0 fully saturated rings. The zero-order chi connectivity index (χ0) is 11.4. The standard InChI is InChI=1S/C13H11NO2/c15-13(16)12-8-4-5-9-14(12)10-11-6-2-1-3-7-11/h1-9H,10H2. The first-order valence-electron chi connectivity index (χ1n) is 5.01. The molecule has 1 heterocycles. The SMILES string of the molecule is O=C([O-])c1cccc[n+]1Cc1ccccc1. The zero-order valence-corrected chi connectivity index (χ0v) is 8.67. The Bertz CT molecular complexity index is 494. The van der Waals surface area contributed by atoms with Crippen molar-refractivity contribution in [1.29, 1.82) is 0 Å². The molecule has 0 saturated heterocycles. The van der Waals surface area contributed by atoms with Gasteiger partial charge in [0.05, 0.1) is 0 Å². The molecular formula is C13H11NO2. The zero-order valence-electron chi connectivity index (χ0n) is 8.67. The Hall–Kier alpha value is -2.16. The Morgan fingerprint density at radius 1 is 1.06 bits per heavy atom. The molecule has 3 nitrogen and oxygen atoms in total. The second-order valence-electron chi connectivity index (χ2n) is 3.49. The summed E-state index contributed by atoms with van der Waals surface area (Å²) in [4.78, 5) is 10.9. The number of hydrogen-bond donors (Lipinski definition) is 0. The summed E-state index contributed by atoms with van der Waals surface area (Å²) in [5.74, 6) is -1.16. The van der Waals surface area contributed by atoms with E-state index in [2.05, 4.69) is 0 Å². The van der Waals surface area contributed by atoms with Gasteiger partial charge in [0.15, 0.2) is 12.7 Å². The third-order valence-electron chi connectivity index (χ3n) is 2.35. The van der Waals surface area contributed by atoms with Crippen LogP contribution in [-0.2, 0) is 6.54 Å². The minimum atomic E-state index is -1.16. The van der Waals surface area contributed by atoms with E-state index in [0.717, 1.165) is 5.56 Å². The van der Waals surface area contributed by atoms with Gasteiger partial charge in [-0.3, -0.25) is 0 Å². The molecule has 80 valence electrons. The summed E-state index contributed by atoms with van der Waals surface area (Å²) in [5, 5.41) is 10.9. The van der Waals surface area contributed by atoms with Crippen molar-refractivity contribution in [3.63, 3.8) is 0 Å². The molecule has 1 aromatic heterocycles. The van der Waals surface area contributed by atoms with E-state index in [1.54, 1.807) is 22.9 Å². The molecule has 3 heteroatoms. The van der Waals surface area contributed by atoms with E-state index in [9.17, 15) is 9.90 Å². The summed E-state index contributed by atoms with van der Waals surface area (Å²) >= 11 is 0. The van der Waals surface area contributed by atoms with Gasteiger partial charge in [-0.15, -0.1) is 0 Å². The monoisotopic (exact) mass is 213 g/mol. The Labute approximate surface area is 93.6 Å². The Balaban J connectivity index is 2.31. The van der Waals surface area contributed by atoms with E-state index in [1.165, 1.54) is 6.07 Å². The van der Waals surface area contributed by atoms with Crippen molar-refractivity contribution in [2.75, 3.05) is 0 Å². The summed E-state index contributed by atoms with van der Waals surface area (Å²) in [6.45, 7) is 0.533. The number of pyridine rings is 1. The van der Waals surface area contributed by atoms with Crippen LogP contribution in [0.2, 0.25) is 0 Å². The number of hydrogen-bond acceptors (Lipinski definition) is 2. The van der Waals surface area contributed by atoms with Crippen LogP contribution in [-0.4, -0.2) is 5.97 Å². The molecule has 0 bridgehead atoms. The molecule has 0 aliphatic carbocycles. The molecule has 0 atom stereocenters. The number of carbonyl (C=O) groups is 1. The minimum Gasteiger partial charge on any atom is -0.539 e. The average molecular weight is 213 g/mol. The van der Waals surface area contributed by atoms with Crippen LogP contribution >= 0.6 is 0 Å². The number of carboxylic acid groups (broad SMARTS) is 1. The number of carbonyl (C=O) groups excluding carboxylic acids is 1. The number of benzene rings is 1. The second-order valence-corrected chi connectivity index (χ2v) is 3.49. The fourth-order valence-electron chi connectivity index (χ4n) is 1.58. The largest absolute Gasteiger partial charge is 0.539 e. The number of rotatable bonds is 3. The number of carboxylic acids is 1. The first-order valence-corrected chi connectivity index (χ1v) is 5.01. The molecule has 0 aliphatic heterocycles. The van der Waals surface area contributed by atoms with Crippen LogP contribution in [0.5, 0.6) is 0 Å². The van der Waals surface area contributed by atoms with Gasteiger partial charge in [0.25, 0.3) is 0 Å². The summed E-state index contributed by atoms with van der Waals surface area (Å²) in [5.41, 5.74) is 1.24. The molecule has 2 rings (SSSR count). The minimum absolute atomic E-state index is 0.186. The van der Waals surface area contributed by atoms with Crippen LogP contribution in [0.4, 0.5) is 0 Å². The summed E-state index contributed by atoms with van der Waals surface area (Å²) < 4.78 is 1.66. The van der Waals surface area contributed by atoms with Crippen molar-refractivity contribution in [2.24, 2.45) is 0 Å². The maximum absolute atomic E-state index is 10.9. The van der Waals surface area contributed by atoms with Crippen molar-refractivity contribution < 1.29 is 14.5 Å².